The average Bonchev–Trinajstić information content (AvgIpc) is 2.75. The molecule has 0 aliphatic carbocycles. The molecule has 2 aromatic heterocycles. The first kappa shape index (κ1) is 11.1. The third-order valence-electron chi connectivity index (χ3n) is 2.65. The van der Waals surface area contributed by atoms with Gasteiger partial charge in [-0.1, -0.05) is 11.6 Å². The molecule has 0 saturated carbocycles. The Hall–Kier alpha value is -2.01. The van der Waals surface area contributed by atoms with E-state index in [2.05, 4.69) is 15.3 Å². The van der Waals surface area contributed by atoms with Crippen LogP contribution in [0.2, 0.25) is 5.15 Å². The van der Waals surface area contributed by atoms with E-state index in [9.17, 15) is 4.39 Å². The van der Waals surface area contributed by atoms with Crippen molar-refractivity contribution < 1.29 is 4.39 Å². The number of hydrogen-bond donors (Lipinski definition) is 0. The van der Waals surface area contributed by atoms with E-state index in [1.54, 1.807) is 31.2 Å². The SMILES string of the molecule is Cc1cc(-c2nnc3ccc(Cl)nn23)ccc1F. The molecule has 6 heteroatoms. The molecule has 0 aliphatic rings. The minimum absolute atomic E-state index is 0.251. The summed E-state index contributed by atoms with van der Waals surface area (Å²) in [4.78, 5) is 0. The molecule has 0 radical (unpaired) electrons. The van der Waals surface area contributed by atoms with Crippen molar-refractivity contribution in [1.29, 1.82) is 0 Å². The molecule has 0 amide bonds. The van der Waals surface area contributed by atoms with Crippen LogP contribution in [-0.4, -0.2) is 19.8 Å². The summed E-state index contributed by atoms with van der Waals surface area (Å²) in [6, 6.07) is 8.11. The van der Waals surface area contributed by atoms with E-state index < -0.39 is 0 Å². The standard InChI is InChI=1S/C12H8ClFN4/c1-7-6-8(2-3-9(7)14)12-16-15-11-5-4-10(13)17-18(11)12/h2-6H,1H3. The molecular formula is C12H8ClFN4. The second-order valence-corrected chi connectivity index (χ2v) is 4.30. The molecule has 2 heterocycles. The van der Waals surface area contributed by atoms with Crippen molar-refractivity contribution in [2.24, 2.45) is 0 Å². The highest BCUT2D eigenvalue weighted by molar-refractivity contribution is 6.29. The Morgan fingerprint density at radius 2 is 2.00 bits per heavy atom. The Bertz CT molecular complexity index is 738. The van der Waals surface area contributed by atoms with Crippen molar-refractivity contribution in [1.82, 2.24) is 19.8 Å². The van der Waals surface area contributed by atoms with Crippen molar-refractivity contribution in [3.63, 3.8) is 0 Å². The Kier molecular flexibility index (Phi) is 2.48. The third kappa shape index (κ3) is 1.73. The zero-order valence-electron chi connectivity index (χ0n) is 9.43. The van der Waals surface area contributed by atoms with Crippen LogP contribution in [-0.2, 0) is 0 Å². The summed E-state index contributed by atoms with van der Waals surface area (Å²) in [5, 5.41) is 12.5. The molecule has 1 aromatic carbocycles. The molecule has 0 saturated heterocycles. The number of rotatable bonds is 1. The number of aryl methyl sites for hydroxylation is 1. The Labute approximate surface area is 107 Å². The number of aromatic nitrogens is 4. The molecule has 18 heavy (non-hydrogen) atoms. The highest BCUT2D eigenvalue weighted by atomic mass is 35.5. The van der Waals surface area contributed by atoms with Crippen LogP contribution < -0.4 is 0 Å². The second-order valence-electron chi connectivity index (χ2n) is 3.91. The van der Waals surface area contributed by atoms with Crippen LogP contribution in [0.3, 0.4) is 0 Å². The van der Waals surface area contributed by atoms with Gasteiger partial charge in [-0.3, -0.25) is 0 Å². The summed E-state index contributed by atoms with van der Waals surface area (Å²) in [5.74, 6) is 0.286. The van der Waals surface area contributed by atoms with E-state index in [1.165, 1.54) is 10.6 Å². The monoisotopic (exact) mass is 262 g/mol. The lowest BCUT2D eigenvalue weighted by molar-refractivity contribution is 0.618. The predicted octanol–water partition coefficient (Wildman–Crippen LogP) is 2.89. The maximum absolute atomic E-state index is 13.2. The summed E-state index contributed by atoms with van der Waals surface area (Å²) in [6.07, 6.45) is 0. The van der Waals surface area contributed by atoms with E-state index in [0.717, 1.165) is 5.56 Å². The molecule has 90 valence electrons. The Balaban J connectivity index is 2.24. The van der Waals surface area contributed by atoms with Gasteiger partial charge in [0.15, 0.2) is 11.5 Å². The van der Waals surface area contributed by atoms with Crippen LogP contribution in [0.4, 0.5) is 4.39 Å². The van der Waals surface area contributed by atoms with Crippen molar-refractivity contribution in [2.75, 3.05) is 0 Å². The minimum Gasteiger partial charge on any atom is -0.207 e. The Morgan fingerprint density at radius 1 is 1.17 bits per heavy atom. The maximum Gasteiger partial charge on any atom is 0.185 e. The van der Waals surface area contributed by atoms with E-state index in [1.807, 2.05) is 0 Å². The quantitative estimate of drug-likeness (QED) is 0.677. The number of hydrogen-bond acceptors (Lipinski definition) is 3. The lowest BCUT2D eigenvalue weighted by atomic mass is 10.1. The fourth-order valence-corrected chi connectivity index (χ4v) is 1.87. The van der Waals surface area contributed by atoms with Gasteiger partial charge in [-0.25, -0.2) is 4.39 Å². The molecule has 3 aromatic rings. The van der Waals surface area contributed by atoms with Gasteiger partial charge in [0.25, 0.3) is 0 Å². The summed E-state index contributed by atoms with van der Waals surface area (Å²) in [7, 11) is 0. The molecular weight excluding hydrogens is 255 g/mol. The molecule has 0 aliphatic heterocycles. The van der Waals surface area contributed by atoms with Crippen LogP contribution in [0.5, 0.6) is 0 Å². The van der Waals surface area contributed by atoms with Gasteiger partial charge in [0.2, 0.25) is 0 Å². The van der Waals surface area contributed by atoms with Crippen molar-refractivity contribution in [3.05, 3.63) is 46.9 Å². The number of fused-ring (bicyclic) bond motifs is 1. The third-order valence-corrected chi connectivity index (χ3v) is 2.85. The fraction of sp³-hybridized carbons (Fsp3) is 0.0833. The fourth-order valence-electron chi connectivity index (χ4n) is 1.73. The number of nitrogens with zero attached hydrogens (tertiary/aromatic N) is 4. The highest BCUT2D eigenvalue weighted by Crippen LogP contribution is 2.20. The summed E-state index contributed by atoms with van der Waals surface area (Å²) >= 11 is 5.84. The number of benzene rings is 1. The van der Waals surface area contributed by atoms with Gasteiger partial charge in [0.05, 0.1) is 0 Å². The van der Waals surface area contributed by atoms with Crippen molar-refractivity contribution >= 4 is 17.2 Å². The first-order valence-corrected chi connectivity index (χ1v) is 5.67. The predicted molar refractivity (Wildman–Crippen MR) is 65.9 cm³/mol. The molecule has 0 atom stereocenters. The lowest BCUT2D eigenvalue weighted by Gasteiger charge is -2.01. The topological polar surface area (TPSA) is 43.1 Å². The molecule has 0 fully saturated rings. The van der Waals surface area contributed by atoms with Gasteiger partial charge >= 0.3 is 0 Å². The highest BCUT2D eigenvalue weighted by Gasteiger charge is 2.10. The average molecular weight is 263 g/mol. The van der Waals surface area contributed by atoms with E-state index in [-0.39, 0.29) is 5.82 Å². The van der Waals surface area contributed by atoms with Gasteiger partial charge in [-0.15, -0.1) is 10.2 Å². The first-order valence-electron chi connectivity index (χ1n) is 5.29. The molecule has 0 N–H and O–H groups in total. The summed E-state index contributed by atoms with van der Waals surface area (Å²) in [5.41, 5.74) is 1.89. The molecule has 0 bridgehead atoms. The number of halogens is 2. The van der Waals surface area contributed by atoms with Crippen LogP contribution in [0.15, 0.2) is 30.3 Å². The van der Waals surface area contributed by atoms with Crippen LogP contribution in [0, 0.1) is 12.7 Å². The van der Waals surface area contributed by atoms with Crippen molar-refractivity contribution in [3.8, 4) is 11.4 Å². The van der Waals surface area contributed by atoms with Crippen molar-refractivity contribution in [2.45, 2.75) is 6.92 Å². The maximum atomic E-state index is 13.2. The van der Waals surface area contributed by atoms with Gasteiger partial charge < -0.3 is 0 Å². The van der Waals surface area contributed by atoms with Gasteiger partial charge in [0.1, 0.15) is 11.0 Å². The zero-order valence-corrected chi connectivity index (χ0v) is 10.2. The van der Waals surface area contributed by atoms with Crippen LogP contribution in [0.25, 0.3) is 17.0 Å². The molecule has 4 nitrogen and oxygen atoms in total. The second kappa shape index (κ2) is 4.03. The largest absolute Gasteiger partial charge is 0.207 e. The van der Waals surface area contributed by atoms with Crippen LogP contribution in [0.1, 0.15) is 5.56 Å². The molecule has 3 rings (SSSR count). The first-order chi connectivity index (χ1) is 8.65. The van der Waals surface area contributed by atoms with Gasteiger partial charge in [-0.2, -0.15) is 9.61 Å². The van der Waals surface area contributed by atoms with Crippen LogP contribution >= 0.6 is 11.6 Å². The van der Waals surface area contributed by atoms with E-state index >= 15 is 0 Å². The normalized spacial score (nSPS) is 11.1. The van der Waals surface area contributed by atoms with E-state index in [4.69, 9.17) is 11.6 Å². The summed E-state index contributed by atoms with van der Waals surface area (Å²) in [6.45, 7) is 1.70. The molecule has 0 unspecified atom stereocenters. The lowest BCUT2D eigenvalue weighted by Crippen LogP contribution is -1.95. The molecule has 0 spiro atoms. The van der Waals surface area contributed by atoms with E-state index in [0.29, 0.717) is 22.2 Å². The van der Waals surface area contributed by atoms with Gasteiger partial charge in [-0.05, 0) is 42.8 Å². The zero-order chi connectivity index (χ0) is 12.7. The summed E-state index contributed by atoms with van der Waals surface area (Å²) < 4.78 is 14.8. The van der Waals surface area contributed by atoms with Gasteiger partial charge in [0, 0.05) is 5.56 Å². The minimum atomic E-state index is -0.251. The smallest absolute Gasteiger partial charge is 0.185 e. The Morgan fingerprint density at radius 3 is 2.78 bits per heavy atom.